The number of nitrogens with one attached hydrogen (secondary N) is 2. The first kappa shape index (κ1) is 18.7. The highest BCUT2D eigenvalue weighted by Crippen LogP contribution is 2.28. The van der Waals surface area contributed by atoms with Crippen molar-refractivity contribution in [3.63, 3.8) is 0 Å². The molecule has 1 saturated heterocycles. The van der Waals surface area contributed by atoms with Crippen LogP contribution in [-0.4, -0.2) is 49.1 Å². The fourth-order valence-corrected chi connectivity index (χ4v) is 4.23. The monoisotopic (exact) mass is 374 g/mol. The Balaban J connectivity index is 1.86. The van der Waals surface area contributed by atoms with Crippen molar-refractivity contribution in [2.75, 3.05) is 18.1 Å². The van der Waals surface area contributed by atoms with Gasteiger partial charge < -0.3 is 10.6 Å². The second-order valence-corrected chi connectivity index (χ2v) is 9.66. The summed E-state index contributed by atoms with van der Waals surface area (Å²) >= 11 is 1.38. The molecule has 0 saturated carbocycles. The number of rotatable bonds is 5. The molecule has 0 spiro atoms. The second kappa shape index (κ2) is 7.10. The molecular weight excluding hydrogens is 355 g/mol. The Bertz CT molecular complexity index is 732. The minimum Gasteiger partial charge on any atom is -0.353 e. The smallest absolute Gasteiger partial charge is 0.243 e. The number of carbonyl (C=O) groups excluding carboxylic acids is 2. The van der Waals surface area contributed by atoms with Crippen molar-refractivity contribution in [3.05, 3.63) is 30.1 Å². The Hall–Kier alpha value is -1.61. The highest BCUT2D eigenvalue weighted by atomic mass is 32.2. The standard InChI is InChI=1S/C15H19FN2O4S2/c1-15(2)14(20)18-12(9-23-15)13(19)17-7-8-24(21,22)11-5-3-10(16)4-6-11/h3-6,12H,7-9H2,1-2H3,(H,17,19)(H,18,20)/t12-/m1/s1. The number of hydrogen-bond acceptors (Lipinski definition) is 5. The maximum Gasteiger partial charge on any atom is 0.243 e. The fourth-order valence-electron chi connectivity index (χ4n) is 2.06. The van der Waals surface area contributed by atoms with E-state index in [0.29, 0.717) is 5.75 Å². The molecule has 132 valence electrons. The van der Waals surface area contributed by atoms with Gasteiger partial charge >= 0.3 is 0 Å². The van der Waals surface area contributed by atoms with Crippen molar-refractivity contribution in [2.45, 2.75) is 29.5 Å². The molecule has 2 N–H and O–H groups in total. The number of carbonyl (C=O) groups is 2. The minimum absolute atomic E-state index is 0.00132. The topological polar surface area (TPSA) is 92.3 Å². The zero-order valence-electron chi connectivity index (χ0n) is 13.3. The van der Waals surface area contributed by atoms with E-state index in [1.807, 2.05) is 0 Å². The van der Waals surface area contributed by atoms with Gasteiger partial charge in [0.15, 0.2) is 9.84 Å². The third-order valence-electron chi connectivity index (χ3n) is 3.62. The molecule has 1 aromatic carbocycles. The van der Waals surface area contributed by atoms with Crippen LogP contribution in [0.1, 0.15) is 13.8 Å². The lowest BCUT2D eigenvalue weighted by Crippen LogP contribution is -2.57. The first-order valence-electron chi connectivity index (χ1n) is 7.33. The molecular formula is C15H19FN2O4S2. The quantitative estimate of drug-likeness (QED) is 0.741. The maximum atomic E-state index is 12.8. The third-order valence-corrected chi connectivity index (χ3v) is 6.76. The lowest BCUT2D eigenvalue weighted by atomic mass is 10.1. The molecule has 1 aliphatic heterocycles. The molecule has 0 unspecified atom stereocenters. The van der Waals surface area contributed by atoms with E-state index in [1.54, 1.807) is 13.8 Å². The first-order valence-corrected chi connectivity index (χ1v) is 9.96. The van der Waals surface area contributed by atoms with Gasteiger partial charge in [0.05, 0.1) is 15.4 Å². The van der Waals surface area contributed by atoms with Gasteiger partial charge in [-0.15, -0.1) is 11.8 Å². The minimum atomic E-state index is -3.61. The van der Waals surface area contributed by atoms with E-state index < -0.39 is 32.4 Å². The zero-order valence-corrected chi connectivity index (χ0v) is 15.0. The molecule has 1 heterocycles. The average Bonchev–Trinajstić information content (AvgIpc) is 2.50. The Kier molecular flexibility index (Phi) is 5.54. The van der Waals surface area contributed by atoms with Gasteiger partial charge in [-0.05, 0) is 38.1 Å². The van der Waals surface area contributed by atoms with Gasteiger partial charge in [0.2, 0.25) is 11.8 Å². The predicted molar refractivity (Wildman–Crippen MR) is 89.9 cm³/mol. The van der Waals surface area contributed by atoms with Gasteiger partial charge in [-0.2, -0.15) is 0 Å². The number of sulfone groups is 1. The summed E-state index contributed by atoms with van der Waals surface area (Å²) in [7, 11) is -3.61. The normalized spacial score (nSPS) is 20.3. The molecule has 9 heteroatoms. The molecule has 0 aliphatic carbocycles. The van der Waals surface area contributed by atoms with Gasteiger partial charge in [0, 0.05) is 12.3 Å². The number of amides is 2. The van der Waals surface area contributed by atoms with E-state index >= 15 is 0 Å². The Morgan fingerprint density at radius 2 is 2.00 bits per heavy atom. The van der Waals surface area contributed by atoms with Crippen LogP contribution in [0.2, 0.25) is 0 Å². The van der Waals surface area contributed by atoms with E-state index in [9.17, 15) is 22.4 Å². The van der Waals surface area contributed by atoms with Crippen LogP contribution in [-0.2, 0) is 19.4 Å². The summed E-state index contributed by atoms with van der Waals surface area (Å²) in [4.78, 5) is 23.9. The van der Waals surface area contributed by atoms with Crippen LogP contribution in [0.15, 0.2) is 29.2 Å². The number of hydrogen-bond donors (Lipinski definition) is 2. The molecule has 0 radical (unpaired) electrons. The molecule has 1 aliphatic rings. The largest absolute Gasteiger partial charge is 0.353 e. The molecule has 0 bridgehead atoms. The Morgan fingerprint density at radius 1 is 1.38 bits per heavy atom. The molecule has 1 atom stereocenters. The third kappa shape index (κ3) is 4.47. The summed E-state index contributed by atoms with van der Waals surface area (Å²) < 4.78 is 36.4. The molecule has 1 aromatic rings. The average molecular weight is 374 g/mol. The molecule has 1 fully saturated rings. The van der Waals surface area contributed by atoms with Crippen LogP contribution in [0, 0.1) is 5.82 Å². The number of benzene rings is 1. The van der Waals surface area contributed by atoms with E-state index in [1.165, 1.54) is 23.9 Å². The molecule has 2 rings (SSSR count). The van der Waals surface area contributed by atoms with Gasteiger partial charge in [-0.25, -0.2) is 12.8 Å². The lowest BCUT2D eigenvalue weighted by molar-refractivity contribution is -0.129. The molecule has 2 amide bonds. The van der Waals surface area contributed by atoms with E-state index in [-0.39, 0.29) is 23.1 Å². The van der Waals surface area contributed by atoms with Crippen molar-refractivity contribution < 1.29 is 22.4 Å². The van der Waals surface area contributed by atoms with Gasteiger partial charge in [0.25, 0.3) is 0 Å². The summed E-state index contributed by atoms with van der Waals surface area (Å²) in [6.45, 7) is 3.46. The highest BCUT2D eigenvalue weighted by molar-refractivity contribution is 8.01. The summed E-state index contributed by atoms with van der Waals surface area (Å²) in [5.41, 5.74) is 0. The van der Waals surface area contributed by atoms with E-state index in [4.69, 9.17) is 0 Å². The fraction of sp³-hybridized carbons (Fsp3) is 0.467. The Morgan fingerprint density at radius 3 is 2.58 bits per heavy atom. The van der Waals surface area contributed by atoms with Gasteiger partial charge in [-0.1, -0.05) is 0 Å². The van der Waals surface area contributed by atoms with E-state index in [0.717, 1.165) is 12.1 Å². The maximum absolute atomic E-state index is 12.8. The summed E-state index contributed by atoms with van der Waals surface area (Å²) in [6.07, 6.45) is 0. The van der Waals surface area contributed by atoms with Crippen molar-refractivity contribution >= 4 is 33.4 Å². The van der Waals surface area contributed by atoms with E-state index in [2.05, 4.69) is 10.6 Å². The van der Waals surface area contributed by atoms with Crippen LogP contribution in [0.3, 0.4) is 0 Å². The van der Waals surface area contributed by atoms with Crippen LogP contribution >= 0.6 is 11.8 Å². The molecule has 0 aromatic heterocycles. The lowest BCUT2D eigenvalue weighted by Gasteiger charge is -2.32. The van der Waals surface area contributed by atoms with Crippen molar-refractivity contribution in [1.29, 1.82) is 0 Å². The second-order valence-electron chi connectivity index (χ2n) is 5.91. The summed E-state index contributed by atoms with van der Waals surface area (Å²) in [5.74, 6) is -1.03. The molecule has 6 nitrogen and oxygen atoms in total. The van der Waals surface area contributed by atoms with Crippen LogP contribution in [0.5, 0.6) is 0 Å². The van der Waals surface area contributed by atoms with Crippen molar-refractivity contribution in [3.8, 4) is 0 Å². The zero-order chi connectivity index (χ0) is 18.0. The SMILES string of the molecule is CC1(C)SC[C@H](C(=O)NCCS(=O)(=O)c2ccc(F)cc2)NC1=O. The highest BCUT2D eigenvalue weighted by Gasteiger charge is 2.37. The van der Waals surface area contributed by atoms with Crippen molar-refractivity contribution in [1.82, 2.24) is 10.6 Å². The van der Waals surface area contributed by atoms with Gasteiger partial charge in [0.1, 0.15) is 11.9 Å². The summed E-state index contributed by atoms with van der Waals surface area (Å²) in [5, 5.41) is 5.15. The molecule has 24 heavy (non-hydrogen) atoms. The Labute approximate surface area is 144 Å². The predicted octanol–water partition coefficient (Wildman–Crippen LogP) is 0.726. The van der Waals surface area contributed by atoms with Crippen molar-refractivity contribution in [2.24, 2.45) is 0 Å². The van der Waals surface area contributed by atoms with Crippen LogP contribution in [0.4, 0.5) is 4.39 Å². The van der Waals surface area contributed by atoms with Gasteiger partial charge in [-0.3, -0.25) is 9.59 Å². The van der Waals surface area contributed by atoms with Crippen LogP contribution in [0.25, 0.3) is 0 Å². The first-order chi connectivity index (χ1) is 11.1. The number of thioether (sulfide) groups is 1. The summed E-state index contributed by atoms with van der Waals surface area (Å²) in [6, 6.07) is 3.84. The van der Waals surface area contributed by atoms with Crippen LogP contribution < -0.4 is 10.6 Å². The number of halogens is 1.